The first-order chi connectivity index (χ1) is 4.83. The lowest BCUT2D eigenvalue weighted by atomic mass is 10.1. The minimum atomic E-state index is 0.802. The molecule has 56 valence electrons. The molecule has 0 radical (unpaired) electrons. The molecule has 1 N–H and O–H groups in total. The van der Waals surface area contributed by atoms with Gasteiger partial charge in [-0.25, -0.2) is 0 Å². The van der Waals surface area contributed by atoms with E-state index in [4.69, 9.17) is 5.21 Å². The lowest BCUT2D eigenvalue weighted by Crippen LogP contribution is -1.95. The van der Waals surface area contributed by atoms with Crippen LogP contribution in [0.1, 0.15) is 32.1 Å². The summed E-state index contributed by atoms with van der Waals surface area (Å²) in [6, 6.07) is 0. The Hall–Kier alpha value is -0.790. The van der Waals surface area contributed by atoms with Gasteiger partial charge in [0.25, 0.3) is 0 Å². The molecular weight excluding hydrogens is 126 g/mol. The second kappa shape index (κ2) is 3.40. The van der Waals surface area contributed by atoms with Gasteiger partial charge in [-0.15, -0.1) is 0 Å². The maximum Gasteiger partial charge on any atom is 0.0611 e. The summed E-state index contributed by atoms with van der Waals surface area (Å²) in [5, 5.41) is 11.7. The van der Waals surface area contributed by atoms with Crippen molar-refractivity contribution in [3.63, 3.8) is 0 Å². The van der Waals surface area contributed by atoms with Crippen molar-refractivity contribution in [3.05, 3.63) is 12.2 Å². The van der Waals surface area contributed by atoms with E-state index in [-0.39, 0.29) is 0 Å². The van der Waals surface area contributed by atoms with Gasteiger partial charge in [-0.1, -0.05) is 17.3 Å². The zero-order chi connectivity index (χ0) is 7.40. The van der Waals surface area contributed by atoms with E-state index in [0.717, 1.165) is 31.4 Å². The molecule has 0 unspecified atom stereocenters. The Morgan fingerprint density at radius 1 is 1.30 bits per heavy atom. The Kier molecular flexibility index (Phi) is 2.49. The molecule has 0 heterocycles. The Bertz CT molecular complexity index is 161. The fraction of sp³-hybridized carbons (Fsp3) is 0.625. The van der Waals surface area contributed by atoms with Crippen LogP contribution in [-0.2, 0) is 0 Å². The number of allylic oxidation sites excluding steroid dienone is 1. The van der Waals surface area contributed by atoms with Gasteiger partial charge in [0.1, 0.15) is 0 Å². The molecule has 0 amide bonds. The molecule has 1 saturated carbocycles. The van der Waals surface area contributed by atoms with E-state index in [1.54, 1.807) is 0 Å². The molecule has 1 rings (SSSR count). The van der Waals surface area contributed by atoms with E-state index in [0.29, 0.717) is 0 Å². The lowest BCUT2D eigenvalue weighted by Gasteiger charge is -1.97. The molecule has 2 nitrogen and oxygen atoms in total. The van der Waals surface area contributed by atoms with Crippen LogP contribution in [0.4, 0.5) is 0 Å². The zero-order valence-corrected chi connectivity index (χ0v) is 6.14. The van der Waals surface area contributed by atoms with E-state index in [9.17, 15) is 0 Å². The van der Waals surface area contributed by atoms with Crippen molar-refractivity contribution < 1.29 is 5.21 Å². The Balaban J connectivity index is 2.54. The summed E-state index contributed by atoms with van der Waals surface area (Å²) >= 11 is 0. The summed E-state index contributed by atoms with van der Waals surface area (Å²) in [7, 11) is 0. The molecule has 1 aliphatic carbocycles. The van der Waals surface area contributed by atoms with Crippen LogP contribution >= 0.6 is 0 Å². The second-order valence-corrected chi connectivity index (χ2v) is 2.80. The first-order valence-corrected chi connectivity index (χ1v) is 3.69. The maximum atomic E-state index is 8.48. The number of hydrogen-bond acceptors (Lipinski definition) is 2. The summed E-state index contributed by atoms with van der Waals surface area (Å²) < 4.78 is 0. The Labute approximate surface area is 61.2 Å². The minimum absolute atomic E-state index is 0.802. The largest absolute Gasteiger partial charge is 0.411 e. The topological polar surface area (TPSA) is 32.6 Å². The van der Waals surface area contributed by atoms with Gasteiger partial charge in [-0.3, -0.25) is 0 Å². The summed E-state index contributed by atoms with van der Waals surface area (Å²) in [6.07, 6.45) is 5.17. The Morgan fingerprint density at radius 2 is 2.00 bits per heavy atom. The first-order valence-electron chi connectivity index (χ1n) is 3.69. The normalized spacial score (nSPS) is 24.8. The van der Waals surface area contributed by atoms with Crippen LogP contribution in [0.25, 0.3) is 0 Å². The van der Waals surface area contributed by atoms with Gasteiger partial charge in [0.15, 0.2) is 0 Å². The average molecular weight is 139 g/mol. The van der Waals surface area contributed by atoms with Gasteiger partial charge in [0.2, 0.25) is 0 Å². The standard InChI is InChI=1S/C8H13NO/c1-7-4-2-3-5-8(6-7)9-10/h10H,1-6H2/b9-8-. The summed E-state index contributed by atoms with van der Waals surface area (Å²) in [5.74, 6) is 0. The van der Waals surface area contributed by atoms with Crippen LogP contribution in [-0.4, -0.2) is 10.9 Å². The SMILES string of the molecule is C=C1CCCC/C(=N/O)C1. The third-order valence-corrected chi connectivity index (χ3v) is 1.84. The van der Waals surface area contributed by atoms with Crippen molar-refractivity contribution in [2.45, 2.75) is 32.1 Å². The number of hydrogen-bond donors (Lipinski definition) is 1. The van der Waals surface area contributed by atoms with Crippen molar-refractivity contribution in [2.75, 3.05) is 0 Å². The third-order valence-electron chi connectivity index (χ3n) is 1.84. The predicted octanol–water partition coefficient (Wildman–Crippen LogP) is 2.34. The molecule has 10 heavy (non-hydrogen) atoms. The van der Waals surface area contributed by atoms with E-state index < -0.39 is 0 Å². The van der Waals surface area contributed by atoms with Gasteiger partial charge in [-0.05, 0) is 25.7 Å². The van der Waals surface area contributed by atoms with Crippen LogP contribution < -0.4 is 0 Å². The first kappa shape index (κ1) is 7.32. The highest BCUT2D eigenvalue weighted by atomic mass is 16.4. The van der Waals surface area contributed by atoms with Crippen molar-refractivity contribution in [1.82, 2.24) is 0 Å². The Morgan fingerprint density at radius 3 is 2.70 bits per heavy atom. The van der Waals surface area contributed by atoms with Crippen LogP contribution in [0, 0.1) is 0 Å². The number of oxime groups is 1. The van der Waals surface area contributed by atoms with Crippen molar-refractivity contribution in [1.29, 1.82) is 0 Å². The monoisotopic (exact) mass is 139 g/mol. The molecule has 0 atom stereocenters. The quantitative estimate of drug-likeness (QED) is 0.237. The minimum Gasteiger partial charge on any atom is -0.411 e. The van der Waals surface area contributed by atoms with Crippen molar-refractivity contribution in [3.8, 4) is 0 Å². The van der Waals surface area contributed by atoms with Crippen LogP contribution in [0.5, 0.6) is 0 Å². The predicted molar refractivity (Wildman–Crippen MR) is 41.4 cm³/mol. The molecule has 0 aromatic heterocycles. The smallest absolute Gasteiger partial charge is 0.0611 e. The van der Waals surface area contributed by atoms with Gasteiger partial charge in [0.05, 0.1) is 5.71 Å². The van der Waals surface area contributed by atoms with Gasteiger partial charge >= 0.3 is 0 Å². The molecule has 0 aliphatic heterocycles. The molecule has 0 bridgehead atoms. The molecule has 0 spiro atoms. The fourth-order valence-corrected chi connectivity index (χ4v) is 1.25. The summed E-state index contributed by atoms with van der Waals surface area (Å²) in [5.41, 5.74) is 2.09. The van der Waals surface area contributed by atoms with Gasteiger partial charge in [-0.2, -0.15) is 0 Å². The molecule has 0 saturated heterocycles. The second-order valence-electron chi connectivity index (χ2n) is 2.80. The molecule has 0 aromatic rings. The van der Waals surface area contributed by atoms with Gasteiger partial charge < -0.3 is 5.21 Å². The highest BCUT2D eigenvalue weighted by Crippen LogP contribution is 2.18. The maximum absolute atomic E-state index is 8.48. The molecular formula is C8H13NO. The molecule has 1 fully saturated rings. The highest BCUT2D eigenvalue weighted by molar-refractivity contribution is 5.86. The van der Waals surface area contributed by atoms with E-state index in [2.05, 4.69) is 11.7 Å². The summed E-state index contributed by atoms with van der Waals surface area (Å²) in [4.78, 5) is 0. The van der Waals surface area contributed by atoms with Crippen LogP contribution in [0.2, 0.25) is 0 Å². The fourth-order valence-electron chi connectivity index (χ4n) is 1.25. The molecule has 1 aliphatic rings. The molecule has 2 heteroatoms. The third kappa shape index (κ3) is 1.87. The van der Waals surface area contributed by atoms with Crippen molar-refractivity contribution in [2.24, 2.45) is 5.16 Å². The zero-order valence-electron chi connectivity index (χ0n) is 6.14. The number of nitrogens with zero attached hydrogens (tertiary/aromatic N) is 1. The lowest BCUT2D eigenvalue weighted by molar-refractivity contribution is 0.316. The van der Waals surface area contributed by atoms with E-state index >= 15 is 0 Å². The van der Waals surface area contributed by atoms with Crippen LogP contribution in [0.15, 0.2) is 17.3 Å². The number of rotatable bonds is 0. The van der Waals surface area contributed by atoms with Gasteiger partial charge in [0, 0.05) is 6.42 Å². The van der Waals surface area contributed by atoms with E-state index in [1.807, 2.05) is 0 Å². The molecule has 0 aromatic carbocycles. The van der Waals surface area contributed by atoms with E-state index in [1.165, 1.54) is 12.0 Å². The highest BCUT2D eigenvalue weighted by Gasteiger charge is 2.07. The van der Waals surface area contributed by atoms with Crippen LogP contribution in [0.3, 0.4) is 0 Å². The average Bonchev–Trinajstić information content (AvgIpc) is 2.13. The van der Waals surface area contributed by atoms with Crippen molar-refractivity contribution >= 4 is 5.71 Å². The summed E-state index contributed by atoms with van der Waals surface area (Å²) in [6.45, 7) is 3.88.